The number of carbonyl (C=O) groups is 4. The fourth-order valence-corrected chi connectivity index (χ4v) is 2.35. The quantitative estimate of drug-likeness (QED) is 0.403. The lowest BCUT2D eigenvalue weighted by molar-refractivity contribution is -0.148. The average molecular weight is 468 g/mol. The van der Waals surface area contributed by atoms with Crippen LogP contribution >= 0.6 is 0 Å². The molecule has 1 aromatic rings. The van der Waals surface area contributed by atoms with Gasteiger partial charge in [0, 0.05) is 12.8 Å². The summed E-state index contributed by atoms with van der Waals surface area (Å²) in [6.07, 6.45) is -1.26. The van der Waals surface area contributed by atoms with Crippen molar-refractivity contribution >= 4 is 24.1 Å². The zero-order chi connectivity index (χ0) is 25.2. The molecule has 0 radical (unpaired) electrons. The average Bonchev–Trinajstić information content (AvgIpc) is 2.71. The maximum atomic E-state index is 12.3. The van der Waals surface area contributed by atoms with Crippen LogP contribution in [0.4, 0.5) is 4.79 Å². The molecule has 1 aromatic carbocycles. The van der Waals surface area contributed by atoms with E-state index in [0.717, 1.165) is 0 Å². The van der Waals surface area contributed by atoms with Gasteiger partial charge in [0.2, 0.25) is 0 Å². The lowest BCUT2D eigenvalue weighted by Crippen LogP contribution is -2.36. The lowest BCUT2D eigenvalue weighted by atomic mass is 10.1. The van der Waals surface area contributed by atoms with Crippen molar-refractivity contribution in [2.75, 3.05) is 6.61 Å². The Labute approximate surface area is 193 Å². The molecule has 0 fully saturated rings. The Morgan fingerprint density at radius 2 is 1.55 bits per heavy atom. The third kappa shape index (κ3) is 10.8. The number of benzene rings is 1. The van der Waals surface area contributed by atoms with Gasteiger partial charge in [0.05, 0.1) is 0 Å². The van der Waals surface area contributed by atoms with Crippen molar-refractivity contribution in [3.8, 4) is 11.5 Å². The van der Waals surface area contributed by atoms with Gasteiger partial charge in [0.25, 0.3) is 0 Å². The van der Waals surface area contributed by atoms with E-state index in [9.17, 15) is 19.2 Å². The summed E-state index contributed by atoms with van der Waals surface area (Å²) in [4.78, 5) is 47.3. The van der Waals surface area contributed by atoms with E-state index in [2.05, 4.69) is 0 Å². The SMILES string of the molecule is CCC(=O)Oc1ccc(C[C@H](N)C(=O)OC[C@H](C)OC(=O)OC(C)(C)C)cc1OC(=O)CC. The fraction of sp³-hybridized carbons (Fsp3) is 0.565. The summed E-state index contributed by atoms with van der Waals surface area (Å²) >= 11 is 0. The Kier molecular flexibility index (Phi) is 10.8. The number of hydrogen-bond acceptors (Lipinski definition) is 10. The van der Waals surface area contributed by atoms with Crippen molar-refractivity contribution in [1.82, 2.24) is 0 Å². The van der Waals surface area contributed by atoms with E-state index in [-0.39, 0.29) is 37.4 Å². The highest BCUT2D eigenvalue weighted by Crippen LogP contribution is 2.30. The first-order valence-electron chi connectivity index (χ1n) is 10.7. The zero-order valence-corrected chi connectivity index (χ0v) is 20.0. The number of hydrogen-bond donors (Lipinski definition) is 1. The molecule has 184 valence electrons. The Morgan fingerprint density at radius 3 is 2.09 bits per heavy atom. The minimum Gasteiger partial charge on any atom is -0.461 e. The van der Waals surface area contributed by atoms with Crippen LogP contribution < -0.4 is 15.2 Å². The van der Waals surface area contributed by atoms with E-state index < -0.39 is 41.8 Å². The summed E-state index contributed by atoms with van der Waals surface area (Å²) in [7, 11) is 0. The van der Waals surface area contributed by atoms with Gasteiger partial charge < -0.3 is 29.4 Å². The zero-order valence-electron chi connectivity index (χ0n) is 20.0. The van der Waals surface area contributed by atoms with Crippen LogP contribution in [0.5, 0.6) is 11.5 Å². The smallest absolute Gasteiger partial charge is 0.461 e. The molecule has 10 heteroatoms. The molecule has 0 spiro atoms. The van der Waals surface area contributed by atoms with Crippen LogP contribution in [0.2, 0.25) is 0 Å². The minimum absolute atomic E-state index is 0.0566. The molecule has 33 heavy (non-hydrogen) atoms. The highest BCUT2D eigenvalue weighted by atomic mass is 16.7. The molecule has 0 aliphatic heterocycles. The number of nitrogens with two attached hydrogens (primary N) is 1. The van der Waals surface area contributed by atoms with Gasteiger partial charge in [-0.15, -0.1) is 0 Å². The third-order valence-electron chi connectivity index (χ3n) is 3.94. The molecule has 0 aromatic heterocycles. The van der Waals surface area contributed by atoms with E-state index in [0.29, 0.717) is 5.56 Å². The van der Waals surface area contributed by atoms with Crippen molar-refractivity contribution in [3.05, 3.63) is 23.8 Å². The van der Waals surface area contributed by atoms with Gasteiger partial charge in [-0.2, -0.15) is 0 Å². The van der Waals surface area contributed by atoms with Gasteiger partial charge in [-0.3, -0.25) is 14.4 Å². The Hall–Kier alpha value is -3.14. The van der Waals surface area contributed by atoms with Crippen molar-refractivity contribution in [1.29, 1.82) is 0 Å². The molecule has 0 saturated carbocycles. The normalized spacial score (nSPS) is 12.8. The first-order valence-corrected chi connectivity index (χ1v) is 10.7. The van der Waals surface area contributed by atoms with Gasteiger partial charge in [-0.1, -0.05) is 19.9 Å². The van der Waals surface area contributed by atoms with Crippen LogP contribution in [0.1, 0.15) is 59.9 Å². The number of carbonyl (C=O) groups excluding carboxylic acids is 4. The lowest BCUT2D eigenvalue weighted by Gasteiger charge is -2.21. The number of esters is 3. The standard InChI is InChI=1S/C23H33NO9/c1-7-19(25)31-17-10-9-15(12-18(17)32-20(26)8-2)11-16(24)21(27)29-13-14(3)30-22(28)33-23(4,5)6/h9-10,12,14,16H,7-8,11,13,24H2,1-6H3/t14-,16-/m0/s1. The molecule has 0 heterocycles. The van der Waals surface area contributed by atoms with Crippen LogP contribution in [0.3, 0.4) is 0 Å². The summed E-state index contributed by atoms with van der Waals surface area (Å²) < 4.78 is 25.6. The highest BCUT2D eigenvalue weighted by molar-refractivity contribution is 5.77. The van der Waals surface area contributed by atoms with Gasteiger partial charge in [-0.05, 0) is 51.8 Å². The molecule has 1 rings (SSSR count). The largest absolute Gasteiger partial charge is 0.509 e. The van der Waals surface area contributed by atoms with E-state index in [1.54, 1.807) is 47.6 Å². The summed E-state index contributed by atoms with van der Waals surface area (Å²) in [5.41, 5.74) is 5.80. The molecule has 10 nitrogen and oxygen atoms in total. The second-order valence-corrected chi connectivity index (χ2v) is 8.27. The fourth-order valence-electron chi connectivity index (χ4n) is 2.35. The Bertz CT molecular complexity index is 845. The topological polar surface area (TPSA) is 140 Å². The molecular formula is C23H33NO9. The Morgan fingerprint density at radius 1 is 0.970 bits per heavy atom. The molecule has 0 aliphatic rings. The molecule has 0 bridgehead atoms. The summed E-state index contributed by atoms with van der Waals surface area (Å²) in [5.74, 6) is -1.55. The van der Waals surface area contributed by atoms with Crippen molar-refractivity contribution < 1.29 is 42.9 Å². The summed E-state index contributed by atoms with van der Waals surface area (Å²) in [5, 5.41) is 0. The molecule has 2 atom stereocenters. The summed E-state index contributed by atoms with van der Waals surface area (Å²) in [6.45, 7) is 9.72. The van der Waals surface area contributed by atoms with Gasteiger partial charge in [0.1, 0.15) is 24.4 Å². The second-order valence-electron chi connectivity index (χ2n) is 8.27. The molecular weight excluding hydrogens is 434 g/mol. The van der Waals surface area contributed by atoms with E-state index in [4.69, 9.17) is 29.4 Å². The van der Waals surface area contributed by atoms with E-state index in [1.165, 1.54) is 12.1 Å². The van der Waals surface area contributed by atoms with Crippen molar-refractivity contribution in [2.24, 2.45) is 5.73 Å². The van der Waals surface area contributed by atoms with Crippen LogP contribution in [0.15, 0.2) is 18.2 Å². The van der Waals surface area contributed by atoms with Gasteiger partial charge in [0.15, 0.2) is 11.5 Å². The van der Waals surface area contributed by atoms with Crippen LogP contribution in [0.25, 0.3) is 0 Å². The highest BCUT2D eigenvalue weighted by Gasteiger charge is 2.22. The van der Waals surface area contributed by atoms with Crippen LogP contribution in [0, 0.1) is 0 Å². The molecule has 2 N–H and O–H groups in total. The van der Waals surface area contributed by atoms with E-state index >= 15 is 0 Å². The maximum absolute atomic E-state index is 12.3. The van der Waals surface area contributed by atoms with Crippen molar-refractivity contribution in [2.45, 2.75) is 78.6 Å². The molecule has 0 amide bonds. The first-order chi connectivity index (χ1) is 15.3. The van der Waals surface area contributed by atoms with Gasteiger partial charge >= 0.3 is 24.1 Å². The second kappa shape index (κ2) is 12.8. The monoisotopic (exact) mass is 467 g/mol. The third-order valence-corrected chi connectivity index (χ3v) is 3.94. The van der Waals surface area contributed by atoms with Crippen molar-refractivity contribution in [3.63, 3.8) is 0 Å². The number of rotatable bonds is 10. The first kappa shape index (κ1) is 27.9. The number of ether oxygens (including phenoxy) is 5. The minimum atomic E-state index is -1.03. The molecule has 0 unspecified atom stereocenters. The Balaban J connectivity index is 2.72. The predicted molar refractivity (Wildman–Crippen MR) is 118 cm³/mol. The maximum Gasteiger partial charge on any atom is 0.509 e. The molecule has 0 saturated heterocycles. The predicted octanol–water partition coefficient (Wildman–Crippen LogP) is 3.07. The van der Waals surface area contributed by atoms with Crippen LogP contribution in [-0.4, -0.2) is 48.4 Å². The molecule has 0 aliphatic carbocycles. The van der Waals surface area contributed by atoms with Gasteiger partial charge in [-0.25, -0.2) is 4.79 Å². The van der Waals surface area contributed by atoms with E-state index in [1.807, 2.05) is 0 Å². The summed E-state index contributed by atoms with van der Waals surface area (Å²) in [6, 6.07) is 3.52. The van der Waals surface area contributed by atoms with Crippen LogP contribution in [-0.2, 0) is 35.0 Å².